The Bertz CT molecular complexity index is 188. The first-order valence-electron chi connectivity index (χ1n) is 5.78. The molecule has 1 aliphatic rings. The van der Waals surface area contributed by atoms with Crippen LogP contribution in [-0.2, 0) is 4.74 Å². The summed E-state index contributed by atoms with van der Waals surface area (Å²) in [5.41, 5.74) is -2.04. The van der Waals surface area contributed by atoms with Gasteiger partial charge in [0.25, 0.3) is 0 Å². The molecule has 0 aromatic rings. The standard InChI is InChI=1S/C8H16B2N2O2.C2H6/c1-6(14-8(9,10)13)7-5-12(2)4-3-11-7;1-2/h6-7,11,13H,3-5H2,1-2H3;1-2H3. The van der Waals surface area contributed by atoms with Crippen LogP contribution in [0.25, 0.3) is 0 Å². The van der Waals surface area contributed by atoms with E-state index in [1.807, 2.05) is 27.8 Å². The molecular weight excluding hydrogens is 202 g/mol. The molecule has 4 nitrogen and oxygen atoms in total. The second-order valence-corrected chi connectivity index (χ2v) is 3.90. The van der Waals surface area contributed by atoms with Crippen molar-refractivity contribution in [1.29, 1.82) is 0 Å². The summed E-state index contributed by atoms with van der Waals surface area (Å²) in [5.74, 6) is 0. The van der Waals surface area contributed by atoms with Gasteiger partial charge in [-0.15, -0.1) is 0 Å². The number of rotatable bonds is 3. The lowest BCUT2D eigenvalue weighted by molar-refractivity contribution is -0.122. The van der Waals surface area contributed by atoms with Gasteiger partial charge in [0.1, 0.15) is 15.7 Å². The molecular formula is C10H22B2N2O2. The summed E-state index contributed by atoms with van der Waals surface area (Å²) in [6.07, 6.45) is -0.224. The maximum absolute atomic E-state index is 9.08. The van der Waals surface area contributed by atoms with Gasteiger partial charge >= 0.3 is 0 Å². The number of nitrogens with one attached hydrogen (secondary N) is 1. The summed E-state index contributed by atoms with van der Waals surface area (Å²) in [7, 11) is 12.3. The molecule has 16 heavy (non-hydrogen) atoms. The number of aliphatic hydroxyl groups is 1. The summed E-state index contributed by atoms with van der Waals surface area (Å²) in [5, 5.41) is 12.4. The predicted molar refractivity (Wildman–Crippen MR) is 67.6 cm³/mol. The minimum Gasteiger partial charge on any atom is -0.384 e. The monoisotopic (exact) mass is 224 g/mol. The highest BCUT2D eigenvalue weighted by Crippen LogP contribution is 2.08. The Morgan fingerprint density at radius 2 is 2.06 bits per heavy atom. The zero-order valence-corrected chi connectivity index (χ0v) is 10.7. The molecule has 0 saturated carbocycles. The van der Waals surface area contributed by atoms with Crippen molar-refractivity contribution in [2.75, 3.05) is 26.7 Å². The number of likely N-dealkylation sites (N-methyl/N-ethyl adjacent to an activating group) is 1. The Morgan fingerprint density at radius 1 is 1.50 bits per heavy atom. The van der Waals surface area contributed by atoms with Crippen LogP contribution in [0.4, 0.5) is 0 Å². The number of nitrogens with zero attached hydrogens (tertiary/aromatic N) is 1. The maximum atomic E-state index is 9.08. The summed E-state index contributed by atoms with van der Waals surface area (Å²) in [4.78, 5) is 2.19. The molecule has 2 N–H and O–H groups in total. The highest BCUT2D eigenvalue weighted by molar-refractivity contribution is 6.37. The molecule has 90 valence electrons. The van der Waals surface area contributed by atoms with Gasteiger partial charge in [0.15, 0.2) is 0 Å². The Hall–Kier alpha value is -0.0301. The van der Waals surface area contributed by atoms with Crippen LogP contribution in [0.5, 0.6) is 0 Å². The highest BCUT2D eigenvalue weighted by Gasteiger charge is 2.26. The van der Waals surface area contributed by atoms with Gasteiger partial charge in [-0.25, -0.2) is 0 Å². The van der Waals surface area contributed by atoms with E-state index in [4.69, 9.17) is 25.5 Å². The molecule has 2 atom stereocenters. The van der Waals surface area contributed by atoms with Crippen molar-refractivity contribution in [3.8, 4) is 0 Å². The van der Waals surface area contributed by atoms with E-state index in [-0.39, 0.29) is 12.1 Å². The largest absolute Gasteiger partial charge is 0.384 e. The molecule has 0 spiro atoms. The minimum atomic E-state index is -2.04. The third kappa shape index (κ3) is 6.53. The van der Waals surface area contributed by atoms with Crippen LogP contribution >= 0.6 is 0 Å². The molecule has 0 bridgehead atoms. The average Bonchev–Trinajstić information content (AvgIpc) is 2.18. The highest BCUT2D eigenvalue weighted by atomic mass is 16.6. The van der Waals surface area contributed by atoms with Crippen molar-refractivity contribution < 1.29 is 9.84 Å². The fourth-order valence-electron chi connectivity index (χ4n) is 1.63. The second-order valence-electron chi connectivity index (χ2n) is 3.90. The van der Waals surface area contributed by atoms with Gasteiger partial charge in [-0.3, -0.25) is 0 Å². The van der Waals surface area contributed by atoms with Gasteiger partial charge < -0.3 is 20.1 Å². The van der Waals surface area contributed by atoms with Gasteiger partial charge in [0.2, 0.25) is 0 Å². The third-order valence-corrected chi connectivity index (χ3v) is 2.35. The Labute approximate surface area is 102 Å². The molecule has 1 rings (SSSR count). The van der Waals surface area contributed by atoms with Gasteiger partial charge in [0.05, 0.1) is 11.7 Å². The Kier molecular flexibility index (Phi) is 7.31. The van der Waals surface area contributed by atoms with Crippen molar-refractivity contribution in [2.45, 2.75) is 38.5 Å². The van der Waals surface area contributed by atoms with Gasteiger partial charge in [-0.1, -0.05) is 13.8 Å². The van der Waals surface area contributed by atoms with E-state index >= 15 is 0 Å². The van der Waals surface area contributed by atoms with Crippen LogP contribution in [0.2, 0.25) is 0 Å². The van der Waals surface area contributed by atoms with E-state index in [2.05, 4.69) is 10.2 Å². The zero-order chi connectivity index (χ0) is 12.8. The summed E-state index contributed by atoms with van der Waals surface area (Å²) in [6, 6.07) is 0.146. The lowest BCUT2D eigenvalue weighted by Gasteiger charge is -2.37. The average molecular weight is 224 g/mol. The molecule has 1 fully saturated rings. The molecule has 0 amide bonds. The first-order chi connectivity index (χ1) is 7.38. The molecule has 1 heterocycles. The quantitative estimate of drug-likeness (QED) is 0.489. The van der Waals surface area contributed by atoms with Crippen molar-refractivity contribution in [2.24, 2.45) is 0 Å². The van der Waals surface area contributed by atoms with Crippen LogP contribution in [0.15, 0.2) is 0 Å². The molecule has 6 heteroatoms. The van der Waals surface area contributed by atoms with Crippen LogP contribution in [0.3, 0.4) is 0 Å². The van der Waals surface area contributed by atoms with Gasteiger partial charge in [0, 0.05) is 25.7 Å². The smallest absolute Gasteiger partial charge is 0.138 e. The van der Waals surface area contributed by atoms with Crippen molar-refractivity contribution in [3.63, 3.8) is 0 Å². The van der Waals surface area contributed by atoms with Crippen LogP contribution < -0.4 is 5.32 Å². The van der Waals surface area contributed by atoms with Crippen molar-refractivity contribution in [3.05, 3.63) is 0 Å². The van der Waals surface area contributed by atoms with Crippen LogP contribution in [-0.4, -0.2) is 70.1 Å². The van der Waals surface area contributed by atoms with Crippen molar-refractivity contribution >= 4 is 15.7 Å². The third-order valence-electron chi connectivity index (χ3n) is 2.35. The van der Waals surface area contributed by atoms with E-state index in [1.165, 1.54) is 0 Å². The maximum Gasteiger partial charge on any atom is 0.138 e. The first kappa shape index (κ1) is 16.0. The summed E-state index contributed by atoms with van der Waals surface area (Å²) >= 11 is 0. The Balaban J connectivity index is 0.00000106. The van der Waals surface area contributed by atoms with Gasteiger partial charge in [-0.05, 0) is 14.0 Å². The van der Waals surface area contributed by atoms with E-state index in [1.54, 1.807) is 0 Å². The molecule has 1 saturated heterocycles. The molecule has 2 unspecified atom stereocenters. The summed E-state index contributed by atoms with van der Waals surface area (Å²) < 4.78 is 5.05. The number of hydrogen-bond donors (Lipinski definition) is 2. The van der Waals surface area contributed by atoms with Crippen LogP contribution in [0.1, 0.15) is 20.8 Å². The van der Waals surface area contributed by atoms with Crippen molar-refractivity contribution in [1.82, 2.24) is 10.2 Å². The van der Waals surface area contributed by atoms with Gasteiger partial charge in [-0.2, -0.15) is 0 Å². The minimum absolute atomic E-state index is 0.146. The fourth-order valence-corrected chi connectivity index (χ4v) is 1.63. The zero-order valence-electron chi connectivity index (χ0n) is 10.7. The van der Waals surface area contributed by atoms with E-state index in [0.717, 1.165) is 19.6 Å². The van der Waals surface area contributed by atoms with E-state index in [9.17, 15) is 0 Å². The predicted octanol–water partition coefficient (Wildman–Crippen LogP) is -0.738. The normalized spacial score (nSPS) is 24.4. The van der Waals surface area contributed by atoms with E-state index < -0.39 is 5.59 Å². The summed E-state index contributed by atoms with van der Waals surface area (Å²) in [6.45, 7) is 8.61. The lowest BCUT2D eigenvalue weighted by atomic mass is 9.76. The topological polar surface area (TPSA) is 44.7 Å². The number of hydrogen-bond acceptors (Lipinski definition) is 4. The molecule has 0 aromatic carbocycles. The fraction of sp³-hybridized carbons (Fsp3) is 1.00. The first-order valence-corrected chi connectivity index (χ1v) is 5.78. The number of piperazine rings is 1. The van der Waals surface area contributed by atoms with E-state index in [0.29, 0.717) is 0 Å². The molecule has 0 aliphatic carbocycles. The van der Waals surface area contributed by atoms with Crippen LogP contribution in [0, 0.1) is 0 Å². The molecule has 1 aliphatic heterocycles. The second kappa shape index (κ2) is 7.33. The Morgan fingerprint density at radius 3 is 2.50 bits per heavy atom. The lowest BCUT2D eigenvalue weighted by Crippen LogP contribution is -2.56. The SMILES string of the molecule is CC.[B]C([B])(O)OC(C)C1CN(C)CCN1. The molecule has 0 aromatic heterocycles. The molecule has 4 radical (unpaired) electrons. The number of ether oxygens (including phenoxy) is 1.